The van der Waals surface area contributed by atoms with Crippen molar-refractivity contribution in [1.82, 2.24) is 0 Å². The molecule has 124 valence electrons. The third-order valence-electron chi connectivity index (χ3n) is 3.55. The van der Waals surface area contributed by atoms with Crippen molar-refractivity contribution in [2.75, 3.05) is 13.2 Å². The molecule has 1 atom stereocenters. The molecule has 0 aliphatic rings. The van der Waals surface area contributed by atoms with Gasteiger partial charge in [0.1, 0.15) is 4.87 Å². The number of hydrogen-bond acceptors (Lipinski definition) is 3. The maximum Gasteiger partial charge on any atom is 0.324 e. The fourth-order valence-corrected chi connectivity index (χ4v) is 1.88. The van der Waals surface area contributed by atoms with Gasteiger partial charge in [-0.05, 0) is 52.9 Å². The normalized spacial score (nSPS) is 14.7. The van der Waals surface area contributed by atoms with Crippen LogP contribution < -0.4 is 0 Å². The van der Waals surface area contributed by atoms with Crippen LogP contribution in [0, 0.1) is 5.41 Å². The van der Waals surface area contributed by atoms with Gasteiger partial charge in [0.15, 0.2) is 0 Å². The third kappa shape index (κ3) is 8.94. The van der Waals surface area contributed by atoms with Gasteiger partial charge in [0.05, 0.1) is 5.41 Å². The Morgan fingerprint density at radius 1 is 0.905 bits per heavy atom. The first kappa shape index (κ1) is 20.2. The van der Waals surface area contributed by atoms with Crippen LogP contribution in [0.25, 0.3) is 0 Å². The summed E-state index contributed by atoms with van der Waals surface area (Å²) in [5.74, 6) is -1.77. The van der Waals surface area contributed by atoms with E-state index >= 15 is 0 Å². The lowest BCUT2D eigenvalue weighted by molar-refractivity contribution is -0.147. The molecule has 2 N–H and O–H groups in total. The molecule has 5 nitrogen and oxygen atoms in total. The summed E-state index contributed by atoms with van der Waals surface area (Å²) in [6.45, 7) is 6.13. The smallest absolute Gasteiger partial charge is 0.324 e. The van der Waals surface area contributed by atoms with Gasteiger partial charge in [-0.3, -0.25) is 9.59 Å². The molecule has 0 aromatic carbocycles. The Morgan fingerprint density at radius 3 is 1.81 bits per heavy atom. The number of halogens is 1. The average Bonchev–Trinajstić information content (AvgIpc) is 2.36. The molecule has 0 fully saturated rings. The predicted molar refractivity (Wildman–Crippen MR) is 81.8 cm³/mol. The zero-order chi connectivity index (χ0) is 16.5. The van der Waals surface area contributed by atoms with E-state index < -0.39 is 22.2 Å². The van der Waals surface area contributed by atoms with Crippen LogP contribution >= 0.6 is 11.6 Å². The molecule has 0 rings (SSSR count). The van der Waals surface area contributed by atoms with Crippen molar-refractivity contribution in [3.63, 3.8) is 0 Å². The minimum absolute atomic E-state index is 0.417. The van der Waals surface area contributed by atoms with Crippen LogP contribution in [0.1, 0.15) is 59.3 Å². The molecular weight excluding hydrogens is 296 g/mol. The highest BCUT2D eigenvalue weighted by Gasteiger charge is 2.29. The third-order valence-corrected chi connectivity index (χ3v) is 3.90. The van der Waals surface area contributed by atoms with Crippen molar-refractivity contribution in [1.29, 1.82) is 0 Å². The van der Waals surface area contributed by atoms with E-state index in [4.69, 9.17) is 26.6 Å². The van der Waals surface area contributed by atoms with Gasteiger partial charge < -0.3 is 14.9 Å². The van der Waals surface area contributed by atoms with Crippen LogP contribution in [0.15, 0.2) is 0 Å². The van der Waals surface area contributed by atoms with Crippen LogP contribution in [0.4, 0.5) is 0 Å². The van der Waals surface area contributed by atoms with E-state index in [1.165, 1.54) is 6.92 Å². The van der Waals surface area contributed by atoms with Crippen molar-refractivity contribution in [3.05, 3.63) is 0 Å². The van der Waals surface area contributed by atoms with Gasteiger partial charge in [-0.25, -0.2) is 0 Å². The lowest BCUT2D eigenvalue weighted by Crippen LogP contribution is -2.28. The molecule has 6 heteroatoms. The number of aliphatic carboxylic acids is 2. The number of hydrogen-bond donors (Lipinski definition) is 2. The molecule has 0 saturated carbocycles. The SMILES string of the molecule is CC(C)(CCCCOCCCCC(C)(Cl)C(=O)O)C(=O)O. The summed E-state index contributed by atoms with van der Waals surface area (Å²) in [4.78, 5) is 20.5. The number of alkyl halides is 1. The minimum Gasteiger partial charge on any atom is -0.481 e. The quantitative estimate of drug-likeness (QED) is 0.424. The van der Waals surface area contributed by atoms with Crippen molar-refractivity contribution < 1.29 is 24.5 Å². The average molecular weight is 323 g/mol. The summed E-state index contributed by atoms with van der Waals surface area (Å²) in [5.41, 5.74) is -0.679. The topological polar surface area (TPSA) is 83.8 Å². The first-order valence-electron chi connectivity index (χ1n) is 7.33. The van der Waals surface area contributed by atoms with Gasteiger partial charge in [0.25, 0.3) is 0 Å². The Labute approximate surface area is 131 Å². The molecule has 0 amide bonds. The van der Waals surface area contributed by atoms with Crippen molar-refractivity contribution in [2.24, 2.45) is 5.41 Å². The van der Waals surface area contributed by atoms with Gasteiger partial charge in [0, 0.05) is 13.2 Å². The predicted octanol–water partition coefficient (Wildman–Crippen LogP) is 3.54. The van der Waals surface area contributed by atoms with Crippen LogP contribution in [0.3, 0.4) is 0 Å². The second-order valence-electron chi connectivity index (χ2n) is 6.22. The first-order chi connectivity index (χ1) is 9.59. The molecule has 0 aromatic rings. The first-order valence-corrected chi connectivity index (χ1v) is 7.71. The summed E-state index contributed by atoms with van der Waals surface area (Å²) in [6, 6.07) is 0. The van der Waals surface area contributed by atoms with Crippen LogP contribution in [-0.2, 0) is 14.3 Å². The largest absolute Gasteiger partial charge is 0.481 e. The van der Waals surface area contributed by atoms with E-state index in [1.54, 1.807) is 13.8 Å². The Hall–Kier alpha value is -0.810. The molecule has 0 spiro atoms. The number of rotatable bonds is 12. The Bertz CT molecular complexity index is 307. The van der Waals surface area contributed by atoms with E-state index in [0.29, 0.717) is 32.5 Å². The maximum absolute atomic E-state index is 10.9. The second kappa shape index (κ2) is 9.26. The van der Waals surface area contributed by atoms with Gasteiger partial charge in [-0.1, -0.05) is 6.42 Å². The van der Waals surface area contributed by atoms with Crippen molar-refractivity contribution in [2.45, 2.75) is 64.2 Å². The Kier molecular flexibility index (Phi) is 8.90. The van der Waals surface area contributed by atoms with E-state index in [0.717, 1.165) is 19.3 Å². The van der Waals surface area contributed by atoms with E-state index in [-0.39, 0.29) is 0 Å². The van der Waals surface area contributed by atoms with E-state index in [9.17, 15) is 9.59 Å². The molecule has 0 bridgehead atoms. The van der Waals surface area contributed by atoms with Gasteiger partial charge >= 0.3 is 11.9 Å². The summed E-state index contributed by atoms with van der Waals surface area (Å²) in [7, 11) is 0. The minimum atomic E-state index is -1.19. The van der Waals surface area contributed by atoms with E-state index in [1.807, 2.05) is 0 Å². The summed E-state index contributed by atoms with van der Waals surface area (Å²) in [5, 5.41) is 17.8. The Morgan fingerprint density at radius 2 is 1.38 bits per heavy atom. The fourth-order valence-electron chi connectivity index (χ4n) is 1.75. The van der Waals surface area contributed by atoms with Gasteiger partial charge in [-0.2, -0.15) is 0 Å². The van der Waals surface area contributed by atoms with Gasteiger partial charge in [0.2, 0.25) is 0 Å². The molecule has 21 heavy (non-hydrogen) atoms. The molecule has 1 unspecified atom stereocenters. The number of carboxylic acid groups (broad SMARTS) is 2. The highest BCUT2D eigenvalue weighted by atomic mass is 35.5. The van der Waals surface area contributed by atoms with Crippen LogP contribution in [-0.4, -0.2) is 40.2 Å². The number of ether oxygens (including phenoxy) is 1. The summed E-state index contributed by atoms with van der Waals surface area (Å²) < 4.78 is 5.45. The number of carboxylic acids is 2. The van der Waals surface area contributed by atoms with Crippen LogP contribution in [0.5, 0.6) is 0 Å². The standard InChI is InChI=1S/C15H27ClO5/c1-14(2,12(17)18)8-4-6-10-21-11-7-5-9-15(3,16)13(19)20/h4-11H2,1-3H3,(H,17,18)(H,19,20). The Balaban J connectivity index is 3.50. The molecule has 0 heterocycles. The molecule has 0 aliphatic carbocycles. The maximum atomic E-state index is 10.9. The molecule has 0 radical (unpaired) electrons. The monoisotopic (exact) mass is 322 g/mol. The lowest BCUT2D eigenvalue weighted by atomic mass is 9.87. The summed E-state index contributed by atoms with van der Waals surface area (Å²) in [6.07, 6.45) is 4.18. The van der Waals surface area contributed by atoms with Crippen LogP contribution in [0.2, 0.25) is 0 Å². The number of unbranched alkanes of at least 4 members (excludes halogenated alkanes) is 2. The highest BCUT2D eigenvalue weighted by Crippen LogP contribution is 2.23. The fraction of sp³-hybridized carbons (Fsp3) is 0.867. The van der Waals surface area contributed by atoms with Crippen molar-refractivity contribution >= 4 is 23.5 Å². The lowest BCUT2D eigenvalue weighted by Gasteiger charge is -2.18. The zero-order valence-electron chi connectivity index (χ0n) is 13.2. The highest BCUT2D eigenvalue weighted by molar-refractivity contribution is 6.33. The molecule has 0 saturated heterocycles. The van der Waals surface area contributed by atoms with Crippen molar-refractivity contribution in [3.8, 4) is 0 Å². The summed E-state index contributed by atoms with van der Waals surface area (Å²) >= 11 is 5.83. The van der Waals surface area contributed by atoms with Gasteiger partial charge in [-0.15, -0.1) is 11.6 Å². The van der Waals surface area contributed by atoms with E-state index in [2.05, 4.69) is 0 Å². The molecule has 0 aliphatic heterocycles. The number of carbonyl (C=O) groups is 2. The zero-order valence-corrected chi connectivity index (χ0v) is 13.9. The molecular formula is C15H27ClO5. The molecule has 0 aromatic heterocycles. The second-order valence-corrected chi connectivity index (χ2v) is 7.05.